The lowest BCUT2D eigenvalue weighted by Crippen LogP contribution is -2.32. The Kier molecular flexibility index (Phi) is 3.71. The Morgan fingerprint density at radius 3 is 2.31 bits per heavy atom. The molecule has 1 aliphatic heterocycles. The van der Waals surface area contributed by atoms with E-state index >= 15 is 0 Å². The topological polar surface area (TPSA) is 49.7 Å². The Labute approximate surface area is 79.7 Å². The number of aliphatic hydroxyl groups excluding tert-OH is 2. The summed E-state index contributed by atoms with van der Waals surface area (Å²) in [6.45, 7) is 6.04. The maximum atomic E-state index is 9.60. The third-order valence-corrected chi connectivity index (χ3v) is 2.93. The highest BCUT2D eigenvalue weighted by Gasteiger charge is 2.40. The molecule has 1 aliphatic rings. The molecule has 0 aromatic rings. The molecule has 1 rings (SSSR count). The Morgan fingerprint density at radius 2 is 1.92 bits per heavy atom. The van der Waals surface area contributed by atoms with Crippen molar-refractivity contribution in [3.8, 4) is 0 Å². The molecule has 0 amide bonds. The molecule has 78 valence electrons. The molecule has 1 heterocycles. The van der Waals surface area contributed by atoms with Crippen LogP contribution in [0, 0.1) is 5.92 Å². The summed E-state index contributed by atoms with van der Waals surface area (Å²) < 4.78 is 5.46. The number of aliphatic hydroxyl groups is 2. The van der Waals surface area contributed by atoms with E-state index in [4.69, 9.17) is 4.74 Å². The fraction of sp³-hybridized carbons (Fsp3) is 1.00. The van der Waals surface area contributed by atoms with E-state index in [1.807, 2.05) is 0 Å². The molecule has 0 saturated carbocycles. The summed E-state index contributed by atoms with van der Waals surface area (Å²) in [7, 11) is 0. The third kappa shape index (κ3) is 2.42. The second-order valence-corrected chi connectivity index (χ2v) is 4.11. The van der Waals surface area contributed by atoms with Crippen LogP contribution in [0.3, 0.4) is 0 Å². The molecule has 3 nitrogen and oxygen atoms in total. The minimum Gasteiger partial charge on any atom is -0.388 e. The van der Waals surface area contributed by atoms with Gasteiger partial charge in [-0.3, -0.25) is 0 Å². The van der Waals surface area contributed by atoms with Crippen LogP contribution in [0.4, 0.5) is 0 Å². The number of rotatable bonds is 3. The van der Waals surface area contributed by atoms with Gasteiger partial charge in [0.05, 0.1) is 12.2 Å². The van der Waals surface area contributed by atoms with Crippen molar-refractivity contribution in [2.24, 2.45) is 5.92 Å². The van der Waals surface area contributed by atoms with Crippen LogP contribution in [0.1, 0.15) is 33.6 Å². The van der Waals surface area contributed by atoms with Crippen LogP contribution in [0.2, 0.25) is 0 Å². The monoisotopic (exact) mass is 188 g/mol. The van der Waals surface area contributed by atoms with Gasteiger partial charge in [0.1, 0.15) is 12.2 Å². The van der Waals surface area contributed by atoms with Crippen LogP contribution in [0.15, 0.2) is 0 Å². The average molecular weight is 188 g/mol. The Balaban J connectivity index is 2.44. The second kappa shape index (κ2) is 4.40. The fourth-order valence-electron chi connectivity index (χ4n) is 1.69. The summed E-state index contributed by atoms with van der Waals surface area (Å²) in [5.41, 5.74) is 0. The van der Waals surface area contributed by atoms with Crippen molar-refractivity contribution in [1.29, 1.82) is 0 Å². The smallest absolute Gasteiger partial charge is 0.109 e. The highest BCUT2D eigenvalue weighted by molar-refractivity contribution is 4.88. The van der Waals surface area contributed by atoms with Crippen molar-refractivity contribution in [1.82, 2.24) is 0 Å². The largest absolute Gasteiger partial charge is 0.388 e. The van der Waals surface area contributed by atoms with Gasteiger partial charge in [0.2, 0.25) is 0 Å². The van der Waals surface area contributed by atoms with E-state index in [1.54, 1.807) is 6.92 Å². The molecule has 0 aliphatic carbocycles. The first-order valence-electron chi connectivity index (χ1n) is 5.07. The van der Waals surface area contributed by atoms with Gasteiger partial charge in [-0.1, -0.05) is 20.3 Å². The van der Waals surface area contributed by atoms with Gasteiger partial charge in [-0.05, 0) is 19.3 Å². The van der Waals surface area contributed by atoms with Gasteiger partial charge >= 0.3 is 0 Å². The Morgan fingerprint density at radius 1 is 1.31 bits per heavy atom. The van der Waals surface area contributed by atoms with Crippen LogP contribution in [0.5, 0.6) is 0 Å². The Hall–Kier alpha value is -0.120. The van der Waals surface area contributed by atoms with Gasteiger partial charge in [-0.15, -0.1) is 0 Å². The summed E-state index contributed by atoms with van der Waals surface area (Å²) in [4.78, 5) is 0. The average Bonchev–Trinajstić information content (AvgIpc) is 2.34. The minimum atomic E-state index is -0.714. The molecule has 0 aromatic heterocycles. The van der Waals surface area contributed by atoms with E-state index in [0.717, 1.165) is 12.8 Å². The standard InChI is InChI=1S/C10H20O3/c1-4-6(2)5-8-10(12)9(11)7(3)13-8/h6-12H,4-5H2,1-3H3. The number of ether oxygens (including phenoxy) is 1. The van der Waals surface area contributed by atoms with Crippen molar-refractivity contribution in [3.05, 3.63) is 0 Å². The molecule has 0 aromatic carbocycles. The molecule has 2 N–H and O–H groups in total. The molecule has 0 radical (unpaired) electrons. The van der Waals surface area contributed by atoms with Crippen LogP contribution in [-0.2, 0) is 4.74 Å². The molecule has 13 heavy (non-hydrogen) atoms. The SMILES string of the molecule is CCC(C)CC1OC(C)C(O)C1O. The maximum absolute atomic E-state index is 9.60. The van der Waals surface area contributed by atoms with E-state index in [0.29, 0.717) is 5.92 Å². The van der Waals surface area contributed by atoms with E-state index in [9.17, 15) is 10.2 Å². The van der Waals surface area contributed by atoms with Crippen LogP contribution < -0.4 is 0 Å². The second-order valence-electron chi connectivity index (χ2n) is 4.11. The predicted octanol–water partition coefficient (Wildman–Crippen LogP) is 0.932. The van der Waals surface area contributed by atoms with Crippen molar-refractivity contribution in [3.63, 3.8) is 0 Å². The third-order valence-electron chi connectivity index (χ3n) is 2.93. The van der Waals surface area contributed by atoms with Gasteiger partial charge in [0.15, 0.2) is 0 Å². The van der Waals surface area contributed by atoms with Gasteiger partial charge in [-0.2, -0.15) is 0 Å². The Bertz CT molecular complexity index is 160. The summed E-state index contributed by atoms with van der Waals surface area (Å²) in [5.74, 6) is 0.539. The molecule has 1 saturated heterocycles. The van der Waals surface area contributed by atoms with Crippen molar-refractivity contribution < 1.29 is 14.9 Å². The lowest BCUT2D eigenvalue weighted by molar-refractivity contribution is 0.00270. The van der Waals surface area contributed by atoms with Gasteiger partial charge in [-0.25, -0.2) is 0 Å². The van der Waals surface area contributed by atoms with E-state index in [1.165, 1.54) is 0 Å². The molecular weight excluding hydrogens is 168 g/mol. The maximum Gasteiger partial charge on any atom is 0.109 e. The molecular formula is C10H20O3. The van der Waals surface area contributed by atoms with Gasteiger partial charge in [0.25, 0.3) is 0 Å². The first-order valence-corrected chi connectivity index (χ1v) is 5.07. The lowest BCUT2D eigenvalue weighted by Gasteiger charge is -2.17. The zero-order chi connectivity index (χ0) is 10.0. The summed E-state index contributed by atoms with van der Waals surface area (Å²) in [6, 6.07) is 0. The highest BCUT2D eigenvalue weighted by Crippen LogP contribution is 2.26. The molecule has 3 heteroatoms. The molecule has 0 bridgehead atoms. The molecule has 1 fully saturated rings. The molecule has 5 unspecified atom stereocenters. The number of hydrogen-bond donors (Lipinski definition) is 2. The van der Waals surface area contributed by atoms with Crippen molar-refractivity contribution in [2.75, 3.05) is 0 Å². The molecule has 0 spiro atoms. The highest BCUT2D eigenvalue weighted by atomic mass is 16.5. The van der Waals surface area contributed by atoms with Gasteiger partial charge < -0.3 is 14.9 Å². The van der Waals surface area contributed by atoms with E-state index in [-0.39, 0.29) is 12.2 Å². The lowest BCUT2D eigenvalue weighted by atomic mass is 9.97. The van der Waals surface area contributed by atoms with E-state index < -0.39 is 12.2 Å². The summed E-state index contributed by atoms with van der Waals surface area (Å²) in [5, 5.41) is 19.0. The fourth-order valence-corrected chi connectivity index (χ4v) is 1.69. The van der Waals surface area contributed by atoms with Crippen molar-refractivity contribution in [2.45, 2.75) is 58.0 Å². The quantitative estimate of drug-likeness (QED) is 0.692. The summed E-state index contributed by atoms with van der Waals surface area (Å²) >= 11 is 0. The first kappa shape index (κ1) is 11.0. The first-order chi connectivity index (χ1) is 6.06. The summed E-state index contributed by atoms with van der Waals surface area (Å²) in [6.07, 6.45) is 0.0814. The van der Waals surface area contributed by atoms with Crippen LogP contribution in [-0.4, -0.2) is 34.6 Å². The zero-order valence-corrected chi connectivity index (χ0v) is 8.60. The zero-order valence-electron chi connectivity index (χ0n) is 8.60. The minimum absolute atomic E-state index is 0.181. The van der Waals surface area contributed by atoms with Gasteiger partial charge in [0, 0.05) is 0 Å². The predicted molar refractivity (Wildman–Crippen MR) is 50.4 cm³/mol. The van der Waals surface area contributed by atoms with Crippen LogP contribution in [0.25, 0.3) is 0 Å². The molecule has 5 atom stereocenters. The number of hydrogen-bond acceptors (Lipinski definition) is 3. The normalized spacial score (nSPS) is 42.2. The van der Waals surface area contributed by atoms with Crippen molar-refractivity contribution >= 4 is 0 Å². The van der Waals surface area contributed by atoms with Crippen LogP contribution >= 0.6 is 0 Å². The van der Waals surface area contributed by atoms with E-state index in [2.05, 4.69) is 13.8 Å².